The first-order chi connectivity index (χ1) is 12.1. The van der Waals surface area contributed by atoms with E-state index in [1.807, 2.05) is 0 Å². The molecular formula is C18H24N4O4. The fourth-order valence-electron chi connectivity index (χ4n) is 2.60. The fraction of sp³-hybridized carbons (Fsp3) is 0.444. The molecule has 0 spiro atoms. The zero-order valence-corrected chi connectivity index (χ0v) is 15.5. The number of carbonyl (C=O) groups is 4. The minimum Gasteiger partial charge on any atom is -0.345 e. The number of nitrogens with one attached hydrogen (secondary N) is 2. The molecule has 1 aromatic carbocycles. The van der Waals surface area contributed by atoms with Crippen LogP contribution in [0.4, 0.5) is 10.5 Å². The molecule has 0 radical (unpaired) electrons. The summed E-state index contributed by atoms with van der Waals surface area (Å²) in [5.41, 5.74) is 0.223. The monoisotopic (exact) mass is 360 g/mol. The number of hydrogen-bond donors (Lipinski definition) is 2. The summed E-state index contributed by atoms with van der Waals surface area (Å²) in [4.78, 5) is 50.3. The summed E-state index contributed by atoms with van der Waals surface area (Å²) in [6, 6.07) is 6.19. The predicted octanol–water partition coefficient (Wildman–Crippen LogP) is 1.44. The van der Waals surface area contributed by atoms with Crippen LogP contribution >= 0.6 is 0 Å². The van der Waals surface area contributed by atoms with Crippen LogP contribution in [0.25, 0.3) is 0 Å². The van der Waals surface area contributed by atoms with E-state index in [1.54, 1.807) is 52.2 Å². The second-order valence-corrected chi connectivity index (χ2v) is 6.94. The van der Waals surface area contributed by atoms with Crippen molar-refractivity contribution >= 4 is 29.4 Å². The van der Waals surface area contributed by atoms with Gasteiger partial charge in [-0.1, -0.05) is 0 Å². The number of amides is 5. The molecule has 1 fully saturated rings. The zero-order valence-electron chi connectivity index (χ0n) is 15.5. The zero-order chi connectivity index (χ0) is 19.5. The lowest BCUT2D eigenvalue weighted by atomic mass is 10.1. The number of carbonyl (C=O) groups excluding carboxylic acids is 4. The second-order valence-electron chi connectivity index (χ2n) is 6.94. The Morgan fingerprint density at radius 1 is 1.15 bits per heavy atom. The largest absolute Gasteiger partial charge is 0.345 e. The van der Waals surface area contributed by atoms with Gasteiger partial charge in [0.2, 0.25) is 5.91 Å². The predicted molar refractivity (Wildman–Crippen MR) is 96.6 cm³/mol. The molecule has 0 atom stereocenters. The molecular weight excluding hydrogens is 336 g/mol. The molecule has 1 saturated heterocycles. The van der Waals surface area contributed by atoms with Crippen molar-refractivity contribution in [2.24, 2.45) is 0 Å². The Labute approximate surface area is 152 Å². The quantitative estimate of drug-likeness (QED) is 0.750. The molecule has 8 heteroatoms. The Kier molecular flexibility index (Phi) is 5.64. The van der Waals surface area contributed by atoms with Gasteiger partial charge in [0.1, 0.15) is 5.54 Å². The Bertz CT molecular complexity index is 725. The third-order valence-corrected chi connectivity index (χ3v) is 4.05. The van der Waals surface area contributed by atoms with E-state index in [9.17, 15) is 19.2 Å². The minimum atomic E-state index is -0.898. The van der Waals surface area contributed by atoms with Crippen LogP contribution in [-0.2, 0) is 9.59 Å². The summed E-state index contributed by atoms with van der Waals surface area (Å²) in [5, 5.41) is 5.33. The molecule has 1 aromatic rings. The van der Waals surface area contributed by atoms with Gasteiger partial charge in [0.05, 0.1) is 0 Å². The molecule has 2 rings (SSSR count). The number of nitrogens with zero attached hydrogens (tertiary/aromatic N) is 2. The van der Waals surface area contributed by atoms with Crippen LogP contribution in [0.3, 0.4) is 0 Å². The van der Waals surface area contributed by atoms with E-state index in [4.69, 9.17) is 0 Å². The first-order valence-corrected chi connectivity index (χ1v) is 8.37. The summed E-state index contributed by atoms with van der Waals surface area (Å²) in [5.74, 6) is -0.619. The van der Waals surface area contributed by atoms with Crippen molar-refractivity contribution < 1.29 is 19.2 Å². The van der Waals surface area contributed by atoms with E-state index < -0.39 is 11.6 Å². The van der Waals surface area contributed by atoms with Gasteiger partial charge in [0.15, 0.2) is 0 Å². The van der Waals surface area contributed by atoms with E-state index >= 15 is 0 Å². The minimum absolute atomic E-state index is 0.112. The van der Waals surface area contributed by atoms with Crippen LogP contribution in [-0.4, -0.2) is 59.7 Å². The number of hydrogen-bond acceptors (Lipinski definition) is 4. The van der Waals surface area contributed by atoms with Gasteiger partial charge in [0, 0.05) is 38.3 Å². The van der Waals surface area contributed by atoms with Gasteiger partial charge in [-0.15, -0.1) is 0 Å². The van der Waals surface area contributed by atoms with Gasteiger partial charge in [-0.2, -0.15) is 0 Å². The van der Waals surface area contributed by atoms with Crippen molar-refractivity contribution in [1.82, 2.24) is 15.1 Å². The number of benzene rings is 1. The number of rotatable bonds is 6. The molecule has 0 aliphatic carbocycles. The highest BCUT2D eigenvalue weighted by atomic mass is 16.2. The molecule has 8 nitrogen and oxygen atoms in total. The molecule has 140 valence electrons. The van der Waals surface area contributed by atoms with Crippen LogP contribution in [0.2, 0.25) is 0 Å². The van der Waals surface area contributed by atoms with Gasteiger partial charge >= 0.3 is 6.03 Å². The summed E-state index contributed by atoms with van der Waals surface area (Å²) in [7, 11) is 3.34. The normalized spacial score (nSPS) is 15.6. The number of urea groups is 1. The Balaban J connectivity index is 1.81. The van der Waals surface area contributed by atoms with E-state index in [0.29, 0.717) is 17.7 Å². The van der Waals surface area contributed by atoms with E-state index in [0.717, 1.165) is 4.90 Å². The number of imide groups is 1. The Morgan fingerprint density at radius 3 is 2.27 bits per heavy atom. The molecule has 26 heavy (non-hydrogen) atoms. The van der Waals surface area contributed by atoms with Crippen molar-refractivity contribution in [2.45, 2.75) is 32.2 Å². The average Bonchev–Trinajstić information content (AvgIpc) is 2.76. The highest BCUT2D eigenvalue weighted by molar-refractivity contribution is 6.06. The van der Waals surface area contributed by atoms with E-state index in [-0.39, 0.29) is 30.7 Å². The molecule has 1 heterocycles. The first-order valence-electron chi connectivity index (χ1n) is 8.37. The second kappa shape index (κ2) is 7.55. The maximum absolute atomic E-state index is 12.1. The van der Waals surface area contributed by atoms with Gasteiger partial charge in [-0.05, 0) is 44.5 Å². The molecule has 0 saturated carbocycles. The van der Waals surface area contributed by atoms with Crippen LogP contribution < -0.4 is 10.6 Å². The van der Waals surface area contributed by atoms with Crippen molar-refractivity contribution in [3.63, 3.8) is 0 Å². The first kappa shape index (κ1) is 19.4. The van der Waals surface area contributed by atoms with E-state index in [1.165, 1.54) is 4.90 Å². The van der Waals surface area contributed by atoms with Gasteiger partial charge < -0.3 is 15.5 Å². The Morgan fingerprint density at radius 2 is 1.77 bits per heavy atom. The standard InChI is InChI=1S/C18H24N4O4/c1-18(2)16(25)22(17(26)20-18)11-5-6-14(23)19-13-9-7-12(8-10-13)15(24)21(3)4/h7-10H,5-6,11H2,1-4H3,(H,19,23)(H,20,26). The van der Waals surface area contributed by atoms with Crippen LogP contribution in [0, 0.1) is 0 Å². The topological polar surface area (TPSA) is 98.8 Å². The summed E-state index contributed by atoms with van der Waals surface area (Å²) in [6.07, 6.45) is 0.550. The fourth-order valence-corrected chi connectivity index (χ4v) is 2.60. The van der Waals surface area contributed by atoms with E-state index in [2.05, 4.69) is 10.6 Å². The molecule has 1 aliphatic rings. The SMILES string of the molecule is CN(C)C(=O)c1ccc(NC(=O)CCCN2C(=O)NC(C)(C)C2=O)cc1. The molecule has 5 amide bonds. The van der Waals surface area contributed by atoms with Gasteiger partial charge in [-0.25, -0.2) is 4.79 Å². The number of anilines is 1. The molecule has 0 aromatic heterocycles. The highest BCUT2D eigenvalue weighted by Gasteiger charge is 2.43. The van der Waals surface area contributed by atoms with Crippen LogP contribution in [0.1, 0.15) is 37.0 Å². The lowest BCUT2D eigenvalue weighted by Crippen LogP contribution is -2.40. The highest BCUT2D eigenvalue weighted by Crippen LogP contribution is 2.17. The lowest BCUT2D eigenvalue weighted by Gasteiger charge is -2.15. The smallest absolute Gasteiger partial charge is 0.325 e. The molecule has 0 bridgehead atoms. The Hall–Kier alpha value is -2.90. The van der Waals surface area contributed by atoms with Crippen molar-refractivity contribution in [3.05, 3.63) is 29.8 Å². The third kappa shape index (κ3) is 4.38. The molecule has 1 aliphatic heterocycles. The van der Waals surface area contributed by atoms with Crippen molar-refractivity contribution in [1.29, 1.82) is 0 Å². The van der Waals surface area contributed by atoms with Crippen molar-refractivity contribution in [2.75, 3.05) is 26.0 Å². The van der Waals surface area contributed by atoms with Gasteiger partial charge in [0.25, 0.3) is 11.8 Å². The summed E-state index contributed by atoms with van der Waals surface area (Å²) in [6.45, 7) is 3.48. The average molecular weight is 360 g/mol. The van der Waals surface area contributed by atoms with Crippen LogP contribution in [0.15, 0.2) is 24.3 Å². The van der Waals surface area contributed by atoms with Crippen molar-refractivity contribution in [3.8, 4) is 0 Å². The summed E-state index contributed by atoms with van der Waals surface area (Å²) < 4.78 is 0. The third-order valence-electron chi connectivity index (χ3n) is 4.05. The maximum atomic E-state index is 12.1. The molecule has 2 N–H and O–H groups in total. The lowest BCUT2D eigenvalue weighted by molar-refractivity contribution is -0.130. The van der Waals surface area contributed by atoms with Crippen LogP contribution in [0.5, 0.6) is 0 Å². The summed E-state index contributed by atoms with van der Waals surface area (Å²) >= 11 is 0. The molecule has 0 unspecified atom stereocenters. The maximum Gasteiger partial charge on any atom is 0.325 e. The van der Waals surface area contributed by atoms with Gasteiger partial charge in [-0.3, -0.25) is 19.3 Å².